The second-order valence-electron chi connectivity index (χ2n) is 4.94. The van der Waals surface area contributed by atoms with Crippen LogP contribution in [0.25, 0.3) is 0 Å². The summed E-state index contributed by atoms with van der Waals surface area (Å²) >= 11 is 0. The first-order valence-corrected chi connectivity index (χ1v) is 7.20. The van der Waals surface area contributed by atoms with E-state index in [1.165, 1.54) is 13.2 Å². The summed E-state index contributed by atoms with van der Waals surface area (Å²) in [5, 5.41) is 5.11. The summed E-state index contributed by atoms with van der Waals surface area (Å²) in [6.07, 6.45) is 0. The highest BCUT2D eigenvalue weighted by atomic mass is 19.1. The quantitative estimate of drug-likeness (QED) is 0.816. The van der Waals surface area contributed by atoms with Crippen LogP contribution in [0.15, 0.2) is 36.4 Å². The Balaban J connectivity index is 1.89. The van der Waals surface area contributed by atoms with Crippen molar-refractivity contribution < 1.29 is 23.0 Å². The van der Waals surface area contributed by atoms with E-state index in [2.05, 4.69) is 10.6 Å². The van der Waals surface area contributed by atoms with Gasteiger partial charge in [0.2, 0.25) is 5.91 Å². The number of methoxy groups -OCH3 is 2. The minimum absolute atomic E-state index is 0.0951. The van der Waals surface area contributed by atoms with Crippen LogP contribution in [0.3, 0.4) is 0 Å². The molecule has 2 aromatic carbocycles. The van der Waals surface area contributed by atoms with Crippen molar-refractivity contribution in [2.75, 3.05) is 26.1 Å². The third-order valence-corrected chi connectivity index (χ3v) is 3.29. The van der Waals surface area contributed by atoms with Gasteiger partial charge in [0.1, 0.15) is 17.3 Å². The Morgan fingerprint density at radius 1 is 1.04 bits per heavy atom. The molecule has 0 aliphatic carbocycles. The van der Waals surface area contributed by atoms with Crippen molar-refractivity contribution in [3.8, 4) is 11.5 Å². The van der Waals surface area contributed by atoms with E-state index in [1.54, 1.807) is 19.2 Å². The van der Waals surface area contributed by atoms with Gasteiger partial charge in [0.15, 0.2) is 11.5 Å². The zero-order valence-electron chi connectivity index (χ0n) is 13.4. The molecule has 24 heavy (non-hydrogen) atoms. The van der Waals surface area contributed by atoms with Gasteiger partial charge < -0.3 is 20.1 Å². The Bertz CT molecular complexity index is 703. The molecule has 1 amide bonds. The minimum Gasteiger partial charge on any atom is -0.493 e. The number of rotatable bonds is 7. The van der Waals surface area contributed by atoms with Crippen LogP contribution >= 0.6 is 0 Å². The number of amides is 1. The van der Waals surface area contributed by atoms with Gasteiger partial charge in [0, 0.05) is 6.54 Å². The maximum Gasteiger partial charge on any atom is 0.238 e. The molecule has 0 fully saturated rings. The van der Waals surface area contributed by atoms with Gasteiger partial charge in [-0.1, -0.05) is 12.1 Å². The molecule has 0 saturated heterocycles. The van der Waals surface area contributed by atoms with Crippen LogP contribution < -0.4 is 20.1 Å². The molecular formula is C17H18F2N2O3. The summed E-state index contributed by atoms with van der Waals surface area (Å²) in [6.45, 7) is 0.287. The lowest BCUT2D eigenvalue weighted by atomic mass is 10.2. The largest absolute Gasteiger partial charge is 0.493 e. The lowest BCUT2D eigenvalue weighted by molar-refractivity contribution is -0.115. The number of nitrogens with one attached hydrogen (secondary N) is 2. The Morgan fingerprint density at radius 3 is 2.33 bits per heavy atom. The van der Waals surface area contributed by atoms with E-state index in [4.69, 9.17) is 9.47 Å². The molecule has 0 heterocycles. The zero-order chi connectivity index (χ0) is 17.5. The summed E-state index contributed by atoms with van der Waals surface area (Å²) in [7, 11) is 3.08. The Kier molecular flexibility index (Phi) is 6.08. The summed E-state index contributed by atoms with van der Waals surface area (Å²) in [5.41, 5.74) is 0.424. The summed E-state index contributed by atoms with van der Waals surface area (Å²) in [6, 6.07) is 8.74. The monoisotopic (exact) mass is 336 g/mol. The molecule has 0 aliphatic heterocycles. The third-order valence-electron chi connectivity index (χ3n) is 3.29. The molecule has 2 aromatic rings. The van der Waals surface area contributed by atoms with Crippen molar-refractivity contribution in [1.82, 2.24) is 5.32 Å². The highest BCUT2D eigenvalue weighted by Gasteiger charge is 2.11. The highest BCUT2D eigenvalue weighted by Crippen LogP contribution is 2.27. The van der Waals surface area contributed by atoms with E-state index in [0.29, 0.717) is 18.0 Å². The molecule has 0 spiro atoms. The first-order chi connectivity index (χ1) is 11.5. The van der Waals surface area contributed by atoms with Crippen molar-refractivity contribution in [2.24, 2.45) is 0 Å². The van der Waals surface area contributed by atoms with Crippen molar-refractivity contribution in [3.63, 3.8) is 0 Å². The van der Waals surface area contributed by atoms with E-state index in [0.717, 1.165) is 17.7 Å². The van der Waals surface area contributed by atoms with E-state index < -0.39 is 23.2 Å². The molecule has 0 unspecified atom stereocenters. The van der Waals surface area contributed by atoms with Gasteiger partial charge in [0.25, 0.3) is 0 Å². The summed E-state index contributed by atoms with van der Waals surface area (Å²) in [5.74, 6) is -0.991. The number of benzene rings is 2. The first-order valence-electron chi connectivity index (χ1n) is 7.20. The van der Waals surface area contributed by atoms with Crippen molar-refractivity contribution in [3.05, 3.63) is 53.6 Å². The second kappa shape index (κ2) is 8.26. The zero-order valence-corrected chi connectivity index (χ0v) is 13.4. The molecule has 0 atom stereocenters. The van der Waals surface area contributed by atoms with Gasteiger partial charge in [-0.25, -0.2) is 8.78 Å². The molecule has 0 aromatic heterocycles. The van der Waals surface area contributed by atoms with Crippen LogP contribution in [0.1, 0.15) is 5.56 Å². The van der Waals surface area contributed by atoms with Gasteiger partial charge in [-0.05, 0) is 29.8 Å². The van der Waals surface area contributed by atoms with Gasteiger partial charge >= 0.3 is 0 Å². The smallest absolute Gasteiger partial charge is 0.238 e. The number of hydrogen-bond acceptors (Lipinski definition) is 4. The number of para-hydroxylation sites is 1. The molecule has 5 nitrogen and oxygen atoms in total. The van der Waals surface area contributed by atoms with Gasteiger partial charge in [0.05, 0.1) is 20.8 Å². The molecule has 2 N–H and O–H groups in total. The lowest BCUT2D eigenvalue weighted by Gasteiger charge is -2.11. The fourth-order valence-corrected chi connectivity index (χ4v) is 2.11. The van der Waals surface area contributed by atoms with Crippen LogP contribution in [-0.2, 0) is 11.3 Å². The van der Waals surface area contributed by atoms with E-state index in [-0.39, 0.29) is 6.54 Å². The number of carbonyl (C=O) groups excluding carboxylic acids is 1. The summed E-state index contributed by atoms with van der Waals surface area (Å²) < 4.78 is 37.2. The van der Waals surface area contributed by atoms with Crippen molar-refractivity contribution >= 4 is 11.6 Å². The first kappa shape index (κ1) is 17.7. The Morgan fingerprint density at radius 2 is 1.71 bits per heavy atom. The molecular weight excluding hydrogens is 318 g/mol. The van der Waals surface area contributed by atoms with Crippen molar-refractivity contribution in [2.45, 2.75) is 6.54 Å². The molecule has 0 saturated carbocycles. The van der Waals surface area contributed by atoms with Crippen molar-refractivity contribution in [1.29, 1.82) is 0 Å². The molecule has 0 bridgehead atoms. The van der Waals surface area contributed by atoms with Gasteiger partial charge in [-0.2, -0.15) is 0 Å². The molecule has 0 radical (unpaired) electrons. The molecule has 0 aliphatic rings. The molecule has 2 rings (SSSR count). The molecule has 7 heteroatoms. The fraction of sp³-hybridized carbons (Fsp3) is 0.235. The van der Waals surface area contributed by atoms with E-state index in [9.17, 15) is 13.6 Å². The normalized spacial score (nSPS) is 10.3. The van der Waals surface area contributed by atoms with Crippen LogP contribution in [0.2, 0.25) is 0 Å². The average Bonchev–Trinajstić information content (AvgIpc) is 2.58. The third kappa shape index (κ3) is 4.42. The fourth-order valence-electron chi connectivity index (χ4n) is 2.11. The van der Waals surface area contributed by atoms with Crippen LogP contribution in [-0.4, -0.2) is 26.7 Å². The number of ether oxygens (including phenoxy) is 2. The minimum atomic E-state index is -0.816. The number of halogens is 2. The second-order valence-corrected chi connectivity index (χ2v) is 4.94. The average molecular weight is 336 g/mol. The summed E-state index contributed by atoms with van der Waals surface area (Å²) in [4.78, 5) is 11.8. The van der Waals surface area contributed by atoms with Crippen LogP contribution in [0.5, 0.6) is 11.5 Å². The standard InChI is InChI=1S/C17H18F2N2O3/c1-23-14-7-6-11(8-15(14)24-2)9-20-10-16(22)21-17-12(18)4-3-5-13(17)19/h3-8,20H,9-10H2,1-2H3,(H,21,22). The molecule has 128 valence electrons. The Hall–Kier alpha value is -2.67. The van der Waals surface area contributed by atoms with E-state index >= 15 is 0 Å². The van der Waals surface area contributed by atoms with Gasteiger partial charge in [-0.15, -0.1) is 0 Å². The maximum absolute atomic E-state index is 13.5. The van der Waals surface area contributed by atoms with E-state index in [1.807, 2.05) is 6.07 Å². The number of anilines is 1. The number of hydrogen-bond donors (Lipinski definition) is 2. The maximum atomic E-state index is 13.5. The Labute approximate surface area is 138 Å². The van der Waals surface area contributed by atoms with Gasteiger partial charge in [-0.3, -0.25) is 4.79 Å². The SMILES string of the molecule is COc1ccc(CNCC(=O)Nc2c(F)cccc2F)cc1OC. The highest BCUT2D eigenvalue weighted by molar-refractivity contribution is 5.92. The van der Waals surface area contributed by atoms with Crippen LogP contribution in [0, 0.1) is 11.6 Å². The predicted molar refractivity (Wildman–Crippen MR) is 86.2 cm³/mol. The predicted octanol–water partition coefficient (Wildman–Crippen LogP) is 2.71. The number of carbonyl (C=O) groups is 1. The van der Waals surface area contributed by atoms with Crippen LogP contribution in [0.4, 0.5) is 14.5 Å². The lowest BCUT2D eigenvalue weighted by Crippen LogP contribution is -2.28. The topological polar surface area (TPSA) is 59.6 Å².